The van der Waals surface area contributed by atoms with Crippen molar-refractivity contribution in [2.45, 2.75) is 37.6 Å². The normalized spacial score (nSPS) is 20.3. The van der Waals surface area contributed by atoms with E-state index in [4.69, 9.17) is 11.6 Å². The Labute approximate surface area is 177 Å². The van der Waals surface area contributed by atoms with Gasteiger partial charge in [-0.2, -0.15) is 4.31 Å². The number of amides is 1. The molecular formula is C22H25ClN2O3S. The minimum atomic E-state index is -3.73. The van der Waals surface area contributed by atoms with Gasteiger partial charge in [0, 0.05) is 31.7 Å². The fraction of sp³-hybridized carbons (Fsp3) is 0.409. The summed E-state index contributed by atoms with van der Waals surface area (Å²) < 4.78 is 27.9. The Hall–Kier alpha value is -1.89. The maximum Gasteiger partial charge on any atom is 0.254 e. The lowest BCUT2D eigenvalue weighted by Crippen LogP contribution is -2.39. The molecule has 7 heteroatoms. The molecule has 5 nitrogen and oxygen atoms in total. The highest BCUT2D eigenvalue weighted by Crippen LogP contribution is 2.30. The van der Waals surface area contributed by atoms with Gasteiger partial charge in [-0.1, -0.05) is 42.8 Å². The van der Waals surface area contributed by atoms with E-state index in [2.05, 4.69) is 13.0 Å². The molecule has 0 radical (unpaired) electrons. The van der Waals surface area contributed by atoms with Gasteiger partial charge < -0.3 is 4.90 Å². The standard InChI is InChI=1S/C22H25ClN2O3S/c1-16-5-4-11-25(14-16)29(27,28)21-13-18(8-9-20(21)23)22(26)24-12-10-17-6-2-3-7-19(17)15-24/h2-3,6-9,13,16H,4-5,10-12,14-15H2,1H3. The second-order valence-electron chi connectivity index (χ2n) is 8.00. The van der Waals surface area contributed by atoms with Gasteiger partial charge in [0.05, 0.1) is 5.02 Å². The first kappa shape index (κ1) is 20.4. The molecule has 154 valence electrons. The van der Waals surface area contributed by atoms with Crippen LogP contribution in [0.15, 0.2) is 47.4 Å². The summed E-state index contributed by atoms with van der Waals surface area (Å²) in [6.45, 7) is 4.18. The largest absolute Gasteiger partial charge is 0.334 e. The van der Waals surface area contributed by atoms with Crippen LogP contribution in [0.5, 0.6) is 0 Å². The molecule has 2 heterocycles. The molecule has 2 aromatic carbocycles. The zero-order valence-corrected chi connectivity index (χ0v) is 18.0. The van der Waals surface area contributed by atoms with E-state index < -0.39 is 10.0 Å². The number of hydrogen-bond acceptors (Lipinski definition) is 3. The van der Waals surface area contributed by atoms with Crippen molar-refractivity contribution in [2.24, 2.45) is 5.92 Å². The Bertz CT molecular complexity index is 1040. The molecule has 0 aromatic heterocycles. The number of piperidine rings is 1. The third-order valence-electron chi connectivity index (χ3n) is 5.83. The van der Waals surface area contributed by atoms with E-state index >= 15 is 0 Å². The average molecular weight is 433 g/mol. The molecule has 0 bridgehead atoms. The lowest BCUT2D eigenvalue weighted by Gasteiger charge is -2.31. The minimum Gasteiger partial charge on any atom is -0.334 e. The lowest BCUT2D eigenvalue weighted by atomic mass is 9.99. The van der Waals surface area contributed by atoms with Gasteiger partial charge in [0.25, 0.3) is 5.91 Å². The molecule has 1 fully saturated rings. The van der Waals surface area contributed by atoms with Crippen molar-refractivity contribution in [2.75, 3.05) is 19.6 Å². The molecule has 1 unspecified atom stereocenters. The molecule has 0 spiro atoms. The van der Waals surface area contributed by atoms with Crippen molar-refractivity contribution in [3.8, 4) is 0 Å². The summed E-state index contributed by atoms with van der Waals surface area (Å²) in [5, 5.41) is 0.156. The smallest absolute Gasteiger partial charge is 0.254 e. The molecule has 0 N–H and O–H groups in total. The lowest BCUT2D eigenvalue weighted by molar-refractivity contribution is 0.0734. The van der Waals surface area contributed by atoms with Crippen molar-refractivity contribution in [1.29, 1.82) is 0 Å². The van der Waals surface area contributed by atoms with Crippen molar-refractivity contribution >= 4 is 27.5 Å². The monoisotopic (exact) mass is 432 g/mol. The van der Waals surface area contributed by atoms with Crippen LogP contribution in [-0.2, 0) is 23.0 Å². The van der Waals surface area contributed by atoms with Crippen LogP contribution in [-0.4, -0.2) is 43.2 Å². The number of nitrogens with zero attached hydrogens (tertiary/aromatic N) is 2. The quantitative estimate of drug-likeness (QED) is 0.737. The first-order valence-electron chi connectivity index (χ1n) is 10.0. The Kier molecular flexibility index (Phi) is 5.69. The van der Waals surface area contributed by atoms with E-state index in [9.17, 15) is 13.2 Å². The number of fused-ring (bicyclic) bond motifs is 1. The fourth-order valence-corrected chi connectivity index (χ4v) is 6.29. The number of carbonyl (C=O) groups excluding carboxylic acids is 1. The van der Waals surface area contributed by atoms with Crippen molar-refractivity contribution in [3.05, 3.63) is 64.2 Å². The van der Waals surface area contributed by atoms with Crippen LogP contribution in [0.3, 0.4) is 0 Å². The summed E-state index contributed by atoms with van der Waals surface area (Å²) in [4.78, 5) is 14.9. The number of sulfonamides is 1. The number of hydrogen-bond donors (Lipinski definition) is 0. The summed E-state index contributed by atoms with van der Waals surface area (Å²) in [5.74, 6) is 0.148. The SMILES string of the molecule is CC1CCCN(S(=O)(=O)c2cc(C(=O)N3CCc4ccccc4C3)ccc2Cl)C1. The van der Waals surface area contributed by atoms with Crippen LogP contribution in [0.25, 0.3) is 0 Å². The first-order valence-corrected chi connectivity index (χ1v) is 11.8. The molecule has 0 saturated carbocycles. The number of benzene rings is 2. The molecular weight excluding hydrogens is 408 g/mol. The average Bonchev–Trinajstić information content (AvgIpc) is 2.73. The van der Waals surface area contributed by atoms with Gasteiger partial charge >= 0.3 is 0 Å². The summed E-state index contributed by atoms with van der Waals surface area (Å²) in [6, 6.07) is 12.7. The highest BCUT2D eigenvalue weighted by atomic mass is 35.5. The van der Waals surface area contributed by atoms with Gasteiger partial charge in [0.15, 0.2) is 0 Å². The molecule has 1 amide bonds. The van der Waals surface area contributed by atoms with Crippen molar-refractivity contribution in [1.82, 2.24) is 9.21 Å². The third kappa shape index (κ3) is 4.06. The summed E-state index contributed by atoms with van der Waals surface area (Å²) >= 11 is 6.26. The van der Waals surface area contributed by atoms with Crippen LogP contribution in [0.1, 0.15) is 41.3 Å². The second kappa shape index (κ2) is 8.09. The van der Waals surface area contributed by atoms with E-state index in [-0.39, 0.29) is 15.8 Å². The van der Waals surface area contributed by atoms with Gasteiger partial charge in [0.2, 0.25) is 10.0 Å². The maximum absolute atomic E-state index is 13.2. The van der Waals surface area contributed by atoms with Crippen molar-refractivity contribution < 1.29 is 13.2 Å². The van der Waals surface area contributed by atoms with Crippen LogP contribution < -0.4 is 0 Å². The third-order valence-corrected chi connectivity index (χ3v) is 8.18. The minimum absolute atomic E-state index is 0.0246. The number of rotatable bonds is 3. The van der Waals surface area contributed by atoms with E-state index in [1.54, 1.807) is 11.0 Å². The van der Waals surface area contributed by atoms with Crippen LogP contribution in [0.2, 0.25) is 5.02 Å². The van der Waals surface area contributed by atoms with E-state index in [1.807, 2.05) is 18.2 Å². The number of carbonyl (C=O) groups is 1. The van der Waals surface area contributed by atoms with Crippen LogP contribution in [0.4, 0.5) is 0 Å². The molecule has 1 saturated heterocycles. The fourth-order valence-electron chi connectivity index (χ4n) is 4.19. The zero-order chi connectivity index (χ0) is 20.6. The highest BCUT2D eigenvalue weighted by Gasteiger charge is 2.31. The molecule has 29 heavy (non-hydrogen) atoms. The molecule has 4 rings (SSSR count). The van der Waals surface area contributed by atoms with Gasteiger partial charge in [0.1, 0.15) is 4.90 Å². The first-order chi connectivity index (χ1) is 13.9. The van der Waals surface area contributed by atoms with Gasteiger partial charge in [-0.3, -0.25) is 4.79 Å². The molecule has 1 atom stereocenters. The Morgan fingerprint density at radius 1 is 1.10 bits per heavy atom. The Balaban J connectivity index is 1.61. The highest BCUT2D eigenvalue weighted by molar-refractivity contribution is 7.89. The van der Waals surface area contributed by atoms with Gasteiger partial charge in [-0.05, 0) is 54.5 Å². The summed E-state index contributed by atoms with van der Waals surface area (Å²) in [5.41, 5.74) is 2.75. The summed E-state index contributed by atoms with van der Waals surface area (Å²) in [7, 11) is -3.73. The predicted molar refractivity (Wildman–Crippen MR) is 113 cm³/mol. The predicted octanol–water partition coefficient (Wildman–Crippen LogP) is 3.96. The van der Waals surface area contributed by atoms with Crippen LogP contribution in [0, 0.1) is 5.92 Å². The summed E-state index contributed by atoms with van der Waals surface area (Å²) in [6.07, 6.45) is 2.66. The molecule has 2 aliphatic rings. The van der Waals surface area contributed by atoms with Crippen LogP contribution >= 0.6 is 11.6 Å². The second-order valence-corrected chi connectivity index (χ2v) is 10.3. The Morgan fingerprint density at radius 2 is 1.86 bits per heavy atom. The van der Waals surface area contributed by atoms with Gasteiger partial charge in [-0.15, -0.1) is 0 Å². The maximum atomic E-state index is 13.2. The molecule has 2 aliphatic heterocycles. The van der Waals surface area contributed by atoms with Gasteiger partial charge in [-0.25, -0.2) is 8.42 Å². The van der Waals surface area contributed by atoms with E-state index in [0.717, 1.165) is 24.8 Å². The topological polar surface area (TPSA) is 57.7 Å². The molecule has 0 aliphatic carbocycles. The van der Waals surface area contributed by atoms with Crippen molar-refractivity contribution in [3.63, 3.8) is 0 Å². The Morgan fingerprint density at radius 3 is 2.62 bits per heavy atom. The van der Waals surface area contributed by atoms with E-state index in [0.29, 0.717) is 37.7 Å². The zero-order valence-electron chi connectivity index (χ0n) is 16.5. The molecule has 2 aromatic rings. The number of halogens is 1. The van der Waals surface area contributed by atoms with E-state index in [1.165, 1.54) is 22.0 Å².